The summed E-state index contributed by atoms with van der Waals surface area (Å²) < 4.78 is 70.7. The number of halogens is 4. The van der Waals surface area contributed by atoms with Gasteiger partial charge in [0.15, 0.2) is 11.6 Å². The van der Waals surface area contributed by atoms with Gasteiger partial charge in [-0.1, -0.05) is 18.2 Å². The maximum Gasteiger partial charge on any atom is 0.434 e. The van der Waals surface area contributed by atoms with Crippen LogP contribution in [0.1, 0.15) is 63.4 Å². The van der Waals surface area contributed by atoms with Crippen LogP contribution in [0.15, 0.2) is 63.9 Å². The first-order chi connectivity index (χ1) is 25.1. The minimum Gasteiger partial charge on any atom is -0.493 e. The number of fused-ring (bicyclic) bond motifs is 5. The van der Waals surface area contributed by atoms with E-state index < -0.39 is 30.0 Å². The van der Waals surface area contributed by atoms with Crippen LogP contribution in [0.4, 0.5) is 23.4 Å². The number of nitrogens with zero attached hydrogens (tertiary/aromatic N) is 4. The SMILES string of the molecule is COc1c(F)ccc2c1CC(F)(F)[C@@H]2Nc1nccc2cc(-c3c4c(nc(CCc5ccc(F)cc5)c3-c3n[nH]c(=O)o3)C3CCCN3C4=O)sc12. The molecule has 2 atom stereocenters. The van der Waals surface area contributed by atoms with Crippen LogP contribution in [0.25, 0.3) is 32.0 Å². The normalized spacial score (nSPS) is 18.6. The number of benzene rings is 2. The van der Waals surface area contributed by atoms with Crippen LogP contribution in [0.3, 0.4) is 0 Å². The predicted molar refractivity (Wildman–Crippen MR) is 184 cm³/mol. The van der Waals surface area contributed by atoms with E-state index in [2.05, 4.69) is 20.5 Å². The third-order valence-corrected chi connectivity index (χ3v) is 11.3. The zero-order chi connectivity index (χ0) is 35.9. The van der Waals surface area contributed by atoms with Gasteiger partial charge in [0.05, 0.1) is 40.4 Å². The smallest absolute Gasteiger partial charge is 0.434 e. The number of hydrogen-bond donors (Lipinski definition) is 2. The molecule has 2 aliphatic heterocycles. The van der Waals surface area contributed by atoms with Crippen molar-refractivity contribution in [1.29, 1.82) is 0 Å². The van der Waals surface area contributed by atoms with E-state index in [0.717, 1.165) is 24.5 Å². The van der Waals surface area contributed by atoms with Gasteiger partial charge in [-0.2, -0.15) is 0 Å². The third-order valence-electron chi connectivity index (χ3n) is 10.1. The molecule has 15 heteroatoms. The average molecular weight is 729 g/mol. The molecule has 0 radical (unpaired) electrons. The van der Waals surface area contributed by atoms with Crippen LogP contribution in [0, 0.1) is 11.6 Å². The topological polar surface area (TPSA) is 126 Å². The summed E-state index contributed by atoms with van der Waals surface area (Å²) in [5, 5.41) is 10.1. The van der Waals surface area contributed by atoms with E-state index in [1.165, 1.54) is 42.8 Å². The number of rotatable bonds is 8. The van der Waals surface area contributed by atoms with Crippen LogP contribution in [0.5, 0.6) is 5.75 Å². The first-order valence-electron chi connectivity index (χ1n) is 16.7. The summed E-state index contributed by atoms with van der Waals surface area (Å²) in [5.74, 6) is -5.46. The monoisotopic (exact) mass is 728 g/mol. The molecule has 264 valence electrons. The largest absolute Gasteiger partial charge is 0.493 e. The van der Waals surface area contributed by atoms with E-state index in [0.29, 0.717) is 62.4 Å². The number of aromatic amines is 1. The zero-order valence-electron chi connectivity index (χ0n) is 27.4. The Balaban J connectivity index is 1.21. The average Bonchev–Trinajstić information content (AvgIpc) is 3.95. The summed E-state index contributed by atoms with van der Waals surface area (Å²) in [6.45, 7) is 0.563. The highest BCUT2D eigenvalue weighted by Crippen LogP contribution is 2.52. The molecule has 1 saturated heterocycles. The van der Waals surface area contributed by atoms with E-state index in [1.807, 2.05) is 6.07 Å². The molecule has 6 heterocycles. The van der Waals surface area contributed by atoms with Gasteiger partial charge in [0.2, 0.25) is 0 Å². The lowest BCUT2D eigenvalue weighted by atomic mass is 9.93. The molecule has 10 nitrogen and oxygen atoms in total. The van der Waals surface area contributed by atoms with Crippen LogP contribution in [0.2, 0.25) is 0 Å². The Kier molecular flexibility index (Phi) is 7.47. The molecule has 1 unspecified atom stereocenters. The predicted octanol–water partition coefficient (Wildman–Crippen LogP) is 7.41. The van der Waals surface area contributed by atoms with Crippen molar-refractivity contribution in [3.8, 4) is 27.6 Å². The van der Waals surface area contributed by atoms with Crippen LogP contribution >= 0.6 is 11.3 Å². The van der Waals surface area contributed by atoms with Gasteiger partial charge < -0.3 is 19.4 Å². The van der Waals surface area contributed by atoms with E-state index in [9.17, 15) is 18.4 Å². The zero-order valence-corrected chi connectivity index (χ0v) is 28.3. The van der Waals surface area contributed by atoms with Crippen molar-refractivity contribution in [2.75, 3.05) is 19.0 Å². The highest BCUT2D eigenvalue weighted by Gasteiger charge is 2.50. The fourth-order valence-corrected chi connectivity index (χ4v) is 8.99. The molecule has 52 heavy (non-hydrogen) atoms. The quantitative estimate of drug-likeness (QED) is 0.155. The number of pyridine rings is 2. The molecule has 6 aromatic rings. The standard InChI is InChI=1S/C37H28F4N6O4S/c1-50-30-21-16-37(40,41)32(20(21)9-10-22(30)39)44-33-31-18(12-13-42-33)15-25(52-31)27-26(34-45-46-36(49)51-34)23(11-6-17-4-7-19(38)8-5-17)43-29-24-3-2-14-47(24)35(48)28(27)29/h4-5,7-10,12-13,15,24,32H,2-3,6,11,14,16H2,1H3,(H,42,44)(H,46,49)/t24?,32-/m1/s1. The molecule has 2 aromatic carbocycles. The molecule has 1 fully saturated rings. The number of amides is 1. The summed E-state index contributed by atoms with van der Waals surface area (Å²) in [6.07, 6.45) is 3.15. The van der Waals surface area contributed by atoms with Crippen molar-refractivity contribution < 1.29 is 31.5 Å². The number of carbonyl (C=O) groups is 1. The van der Waals surface area contributed by atoms with Crippen molar-refractivity contribution in [2.24, 2.45) is 0 Å². The molecule has 2 N–H and O–H groups in total. The summed E-state index contributed by atoms with van der Waals surface area (Å²) in [6, 6.07) is 10.4. The van der Waals surface area contributed by atoms with Crippen molar-refractivity contribution in [2.45, 2.75) is 50.1 Å². The molecule has 1 aliphatic carbocycles. The molecule has 0 saturated carbocycles. The first-order valence-corrected chi connectivity index (χ1v) is 17.5. The van der Waals surface area contributed by atoms with E-state index in [1.54, 1.807) is 23.1 Å². The second kappa shape index (κ2) is 12.0. The van der Waals surface area contributed by atoms with Crippen molar-refractivity contribution in [1.82, 2.24) is 25.1 Å². The lowest BCUT2D eigenvalue weighted by Gasteiger charge is -2.22. The lowest BCUT2D eigenvalue weighted by Crippen LogP contribution is -2.28. The van der Waals surface area contributed by atoms with Gasteiger partial charge >= 0.3 is 5.76 Å². The number of alkyl halides is 2. The number of ether oxygens (including phenoxy) is 1. The molecule has 0 bridgehead atoms. The van der Waals surface area contributed by atoms with Crippen LogP contribution < -0.4 is 15.8 Å². The molecule has 9 rings (SSSR count). The summed E-state index contributed by atoms with van der Waals surface area (Å²) in [4.78, 5) is 38.4. The van der Waals surface area contributed by atoms with Gasteiger partial charge in [0, 0.05) is 35.2 Å². The minimum atomic E-state index is -3.29. The maximum atomic E-state index is 15.6. The van der Waals surface area contributed by atoms with E-state index in [4.69, 9.17) is 14.1 Å². The van der Waals surface area contributed by atoms with Crippen LogP contribution in [-0.2, 0) is 19.3 Å². The van der Waals surface area contributed by atoms with Gasteiger partial charge in [0.1, 0.15) is 17.7 Å². The number of thiophene rings is 1. The van der Waals surface area contributed by atoms with Gasteiger partial charge in [-0.3, -0.25) is 9.78 Å². The maximum absolute atomic E-state index is 15.6. The number of anilines is 1. The van der Waals surface area contributed by atoms with Crippen molar-refractivity contribution >= 4 is 33.1 Å². The van der Waals surface area contributed by atoms with E-state index in [-0.39, 0.29) is 46.4 Å². The number of aromatic nitrogens is 4. The number of aryl methyl sites for hydroxylation is 2. The Hall–Kier alpha value is -5.57. The summed E-state index contributed by atoms with van der Waals surface area (Å²) in [7, 11) is 1.24. The Morgan fingerprint density at radius 1 is 1.08 bits per heavy atom. The van der Waals surface area contributed by atoms with Gasteiger partial charge in [0.25, 0.3) is 17.7 Å². The fourth-order valence-electron chi connectivity index (χ4n) is 7.82. The lowest BCUT2D eigenvalue weighted by molar-refractivity contribution is -0.00736. The fraction of sp³-hybridized carbons (Fsp3) is 0.270. The van der Waals surface area contributed by atoms with Crippen molar-refractivity contribution in [3.63, 3.8) is 0 Å². The molecule has 3 aliphatic rings. The molecule has 0 spiro atoms. The van der Waals surface area contributed by atoms with Crippen LogP contribution in [-0.4, -0.2) is 50.5 Å². The Bertz CT molecular complexity index is 2480. The van der Waals surface area contributed by atoms with Gasteiger partial charge in [-0.25, -0.2) is 32.4 Å². The highest BCUT2D eigenvalue weighted by atomic mass is 32.1. The minimum absolute atomic E-state index is 0.0541. The Labute approximate surface area is 296 Å². The molecule has 1 amide bonds. The Morgan fingerprint density at radius 3 is 2.67 bits per heavy atom. The second-order valence-corrected chi connectivity index (χ2v) is 14.2. The van der Waals surface area contributed by atoms with Gasteiger partial charge in [-0.15, -0.1) is 16.4 Å². The molecular weight excluding hydrogens is 701 g/mol. The highest BCUT2D eigenvalue weighted by molar-refractivity contribution is 7.23. The number of hydrogen-bond acceptors (Lipinski definition) is 9. The number of methoxy groups -OCH3 is 1. The first kappa shape index (κ1) is 32.3. The Morgan fingerprint density at radius 2 is 1.90 bits per heavy atom. The van der Waals surface area contributed by atoms with Gasteiger partial charge in [-0.05, 0) is 72.5 Å². The summed E-state index contributed by atoms with van der Waals surface area (Å²) in [5.41, 5.74) is 3.50. The van der Waals surface area contributed by atoms with E-state index >= 15 is 8.78 Å². The molecule has 4 aromatic heterocycles. The molecular formula is C37H28F4N6O4S. The number of H-pyrrole nitrogens is 1. The number of nitrogens with one attached hydrogen (secondary N) is 2. The van der Waals surface area contributed by atoms with Crippen molar-refractivity contribution in [3.05, 3.63) is 111 Å². The second-order valence-electron chi connectivity index (χ2n) is 13.1. The summed E-state index contributed by atoms with van der Waals surface area (Å²) >= 11 is 1.24. The number of carbonyl (C=O) groups excluding carboxylic acids is 1. The third kappa shape index (κ3) is 5.08.